The summed E-state index contributed by atoms with van der Waals surface area (Å²) in [5, 5.41) is 13.3. The second kappa shape index (κ2) is 7.29. The van der Waals surface area contributed by atoms with Gasteiger partial charge in [-0.05, 0) is 81.4 Å². The molecule has 3 atom stereocenters. The first kappa shape index (κ1) is 23.2. The van der Waals surface area contributed by atoms with Crippen molar-refractivity contribution >= 4 is 5.91 Å². The number of fused-ring (bicyclic) bond motifs is 3. The number of hydrogen-bond donors (Lipinski definition) is 2. The van der Waals surface area contributed by atoms with Crippen LogP contribution in [0.1, 0.15) is 90.2 Å². The molecule has 0 saturated heterocycles. The number of carbonyl (C=O) groups excluding carboxylic acids is 1. The Labute approximate surface area is 187 Å². The van der Waals surface area contributed by atoms with Gasteiger partial charge in [-0.25, -0.2) is 0 Å². The number of rotatable bonds is 2. The normalized spacial score (nSPS) is 28.6. The van der Waals surface area contributed by atoms with E-state index in [0.29, 0.717) is 37.0 Å². The monoisotopic (exact) mass is 453 g/mol. The van der Waals surface area contributed by atoms with E-state index in [1.165, 1.54) is 0 Å². The zero-order chi connectivity index (χ0) is 23.7. The molecular weight excluding hydrogens is 419 g/mol. The molecule has 1 aliphatic heterocycles. The molecule has 3 unspecified atom stereocenters. The first-order valence-electron chi connectivity index (χ1n) is 11.6. The molecular formula is C25H34F3NO3. The first-order chi connectivity index (χ1) is 14.6. The number of alkyl halides is 3. The lowest BCUT2D eigenvalue weighted by Crippen LogP contribution is -2.64. The van der Waals surface area contributed by atoms with E-state index in [2.05, 4.69) is 26.1 Å². The van der Waals surface area contributed by atoms with Gasteiger partial charge in [0, 0.05) is 17.4 Å². The van der Waals surface area contributed by atoms with E-state index >= 15 is 0 Å². The summed E-state index contributed by atoms with van der Waals surface area (Å²) in [6.07, 6.45) is -2.49. The molecule has 0 radical (unpaired) electrons. The van der Waals surface area contributed by atoms with E-state index < -0.39 is 29.1 Å². The van der Waals surface area contributed by atoms with Crippen LogP contribution in [0.25, 0.3) is 0 Å². The van der Waals surface area contributed by atoms with Gasteiger partial charge in [0.15, 0.2) is 0 Å². The Morgan fingerprint density at radius 2 is 1.81 bits per heavy atom. The molecule has 4 rings (SSSR count). The SMILES string of the molecule is CC(C)(C)c1cc(O)c2c(c1)OC(C)(C)C1CCC(C(=O)NC3(C(F)(F)F)CCC3)CC21. The lowest BCUT2D eigenvalue weighted by Gasteiger charge is -2.50. The van der Waals surface area contributed by atoms with Gasteiger partial charge in [0.25, 0.3) is 0 Å². The minimum absolute atomic E-state index is 0.0545. The average Bonchev–Trinajstić information content (AvgIpc) is 2.61. The predicted octanol–water partition coefficient (Wildman–Crippen LogP) is 5.96. The smallest absolute Gasteiger partial charge is 0.411 e. The Morgan fingerprint density at radius 3 is 2.34 bits per heavy atom. The third kappa shape index (κ3) is 3.75. The Hall–Kier alpha value is -1.92. The average molecular weight is 454 g/mol. The van der Waals surface area contributed by atoms with Crippen LogP contribution in [-0.2, 0) is 10.2 Å². The fourth-order valence-corrected chi connectivity index (χ4v) is 5.77. The third-order valence-electron chi connectivity index (χ3n) is 7.96. The largest absolute Gasteiger partial charge is 0.508 e. The van der Waals surface area contributed by atoms with Crippen LogP contribution >= 0.6 is 0 Å². The number of phenolic OH excluding ortho intramolecular Hbond substituents is 1. The Kier molecular flexibility index (Phi) is 5.30. The van der Waals surface area contributed by atoms with Gasteiger partial charge in [0.1, 0.15) is 22.6 Å². The van der Waals surface area contributed by atoms with Crippen molar-refractivity contribution in [3.05, 3.63) is 23.3 Å². The highest BCUT2D eigenvalue weighted by molar-refractivity contribution is 5.80. The molecule has 0 spiro atoms. The molecule has 2 fully saturated rings. The maximum absolute atomic E-state index is 13.6. The standard InChI is InChI=1S/C25H34F3NO3/c1-22(2,3)15-12-18(30)20-16-11-14(7-8-17(16)23(4,5)32-19(20)13-15)21(31)29-24(9-6-10-24)25(26,27)28/h12-14,16-17,30H,6-11H2,1-5H3,(H,29,31). The maximum Gasteiger partial charge on any atom is 0.411 e. The lowest BCUT2D eigenvalue weighted by molar-refractivity contribution is -0.220. The number of nitrogens with one attached hydrogen (secondary N) is 1. The van der Waals surface area contributed by atoms with E-state index in [1.54, 1.807) is 6.07 Å². The summed E-state index contributed by atoms with van der Waals surface area (Å²) in [5.41, 5.74) is -1.11. The zero-order valence-electron chi connectivity index (χ0n) is 19.5. The highest BCUT2D eigenvalue weighted by Gasteiger charge is 2.60. The molecule has 32 heavy (non-hydrogen) atoms. The molecule has 1 aromatic carbocycles. The van der Waals surface area contributed by atoms with Crippen molar-refractivity contribution in [2.45, 2.75) is 102 Å². The van der Waals surface area contributed by atoms with E-state index in [-0.39, 0.29) is 35.8 Å². The molecule has 7 heteroatoms. The van der Waals surface area contributed by atoms with E-state index in [9.17, 15) is 23.1 Å². The van der Waals surface area contributed by atoms with Crippen LogP contribution in [-0.4, -0.2) is 28.3 Å². The second-order valence-corrected chi connectivity index (χ2v) is 11.5. The molecule has 3 aliphatic rings. The number of aromatic hydroxyl groups is 1. The van der Waals surface area contributed by atoms with Gasteiger partial charge in [0.2, 0.25) is 5.91 Å². The molecule has 178 valence electrons. The van der Waals surface area contributed by atoms with Crippen LogP contribution in [0.15, 0.2) is 12.1 Å². The van der Waals surface area contributed by atoms with Gasteiger partial charge in [-0.2, -0.15) is 13.2 Å². The zero-order valence-corrected chi connectivity index (χ0v) is 19.5. The summed E-state index contributed by atoms with van der Waals surface area (Å²) in [7, 11) is 0. The van der Waals surface area contributed by atoms with Gasteiger partial charge >= 0.3 is 6.18 Å². The van der Waals surface area contributed by atoms with Crippen molar-refractivity contribution in [1.29, 1.82) is 0 Å². The third-order valence-corrected chi connectivity index (χ3v) is 7.96. The summed E-state index contributed by atoms with van der Waals surface area (Å²) < 4.78 is 47.1. The van der Waals surface area contributed by atoms with Crippen LogP contribution in [0.4, 0.5) is 13.2 Å². The van der Waals surface area contributed by atoms with Gasteiger partial charge < -0.3 is 15.2 Å². The highest BCUT2D eigenvalue weighted by atomic mass is 19.4. The van der Waals surface area contributed by atoms with E-state index in [1.807, 2.05) is 19.9 Å². The number of amides is 1. The number of phenols is 1. The van der Waals surface area contributed by atoms with Crippen molar-refractivity contribution in [3.63, 3.8) is 0 Å². The molecule has 2 saturated carbocycles. The Balaban J connectivity index is 1.63. The Bertz CT molecular complexity index is 912. The fourth-order valence-electron chi connectivity index (χ4n) is 5.77. The first-order valence-corrected chi connectivity index (χ1v) is 11.6. The maximum atomic E-state index is 13.6. The van der Waals surface area contributed by atoms with Crippen molar-refractivity contribution in [2.75, 3.05) is 0 Å². The van der Waals surface area contributed by atoms with Crippen LogP contribution in [0.2, 0.25) is 0 Å². The van der Waals surface area contributed by atoms with Crippen LogP contribution < -0.4 is 10.1 Å². The van der Waals surface area contributed by atoms with Crippen molar-refractivity contribution < 1.29 is 27.8 Å². The molecule has 1 aromatic rings. The predicted molar refractivity (Wildman–Crippen MR) is 116 cm³/mol. The number of halogens is 3. The summed E-state index contributed by atoms with van der Waals surface area (Å²) in [4.78, 5) is 13.0. The molecule has 1 heterocycles. The number of ether oxygens (including phenoxy) is 1. The summed E-state index contributed by atoms with van der Waals surface area (Å²) >= 11 is 0. The van der Waals surface area contributed by atoms with Crippen molar-refractivity contribution in [1.82, 2.24) is 5.32 Å². The van der Waals surface area contributed by atoms with E-state index in [0.717, 1.165) is 5.56 Å². The fraction of sp³-hybridized carbons (Fsp3) is 0.720. The van der Waals surface area contributed by atoms with Crippen molar-refractivity contribution in [2.24, 2.45) is 11.8 Å². The molecule has 1 amide bonds. The highest BCUT2D eigenvalue weighted by Crippen LogP contribution is 2.56. The van der Waals surface area contributed by atoms with Crippen LogP contribution in [0.3, 0.4) is 0 Å². The van der Waals surface area contributed by atoms with Gasteiger partial charge in [-0.15, -0.1) is 0 Å². The summed E-state index contributed by atoms with van der Waals surface area (Å²) in [6.45, 7) is 10.2. The lowest BCUT2D eigenvalue weighted by atomic mass is 9.63. The van der Waals surface area contributed by atoms with Gasteiger partial charge in [0.05, 0.1) is 0 Å². The molecule has 4 nitrogen and oxygen atoms in total. The number of carbonyl (C=O) groups is 1. The Morgan fingerprint density at radius 1 is 1.16 bits per heavy atom. The number of hydrogen-bond acceptors (Lipinski definition) is 3. The van der Waals surface area contributed by atoms with Crippen LogP contribution in [0.5, 0.6) is 11.5 Å². The molecule has 2 aliphatic carbocycles. The van der Waals surface area contributed by atoms with Gasteiger partial charge in [-0.1, -0.05) is 20.8 Å². The molecule has 0 aromatic heterocycles. The quantitative estimate of drug-likeness (QED) is 0.581. The topological polar surface area (TPSA) is 58.6 Å². The minimum atomic E-state index is -4.44. The van der Waals surface area contributed by atoms with E-state index in [4.69, 9.17) is 4.74 Å². The van der Waals surface area contributed by atoms with Crippen molar-refractivity contribution in [3.8, 4) is 11.5 Å². The minimum Gasteiger partial charge on any atom is -0.508 e. The number of benzene rings is 1. The van der Waals surface area contributed by atoms with Crippen LogP contribution in [0, 0.1) is 11.8 Å². The molecule has 2 N–H and O–H groups in total. The summed E-state index contributed by atoms with van der Waals surface area (Å²) in [5.74, 6) is -0.337. The summed E-state index contributed by atoms with van der Waals surface area (Å²) in [6, 6.07) is 3.72. The van der Waals surface area contributed by atoms with Gasteiger partial charge in [-0.3, -0.25) is 4.79 Å². The molecule has 0 bridgehead atoms. The second-order valence-electron chi connectivity index (χ2n) is 11.5.